The van der Waals surface area contributed by atoms with E-state index >= 15 is 0 Å². The molecule has 0 spiro atoms. The second kappa shape index (κ2) is 6.62. The molecule has 2 aromatic rings. The molecular weight excluding hydrogens is 349 g/mol. The van der Waals surface area contributed by atoms with Crippen molar-refractivity contribution in [3.63, 3.8) is 0 Å². The van der Waals surface area contributed by atoms with Crippen molar-refractivity contribution in [1.29, 1.82) is 0 Å². The van der Waals surface area contributed by atoms with Crippen LogP contribution < -0.4 is 10.5 Å². The molecule has 0 aliphatic rings. The van der Waals surface area contributed by atoms with Crippen LogP contribution >= 0.6 is 39.1 Å². The molecule has 2 N–H and O–H groups in total. The molecule has 0 atom stereocenters. The van der Waals surface area contributed by atoms with Crippen molar-refractivity contribution in [1.82, 2.24) is 0 Å². The minimum absolute atomic E-state index is 0.422. The van der Waals surface area contributed by atoms with Crippen LogP contribution in [0.25, 0.3) is 0 Å². The molecule has 0 saturated heterocycles. The molecule has 19 heavy (non-hydrogen) atoms. The summed E-state index contributed by atoms with van der Waals surface area (Å²) >= 11 is 15.2. The van der Waals surface area contributed by atoms with Gasteiger partial charge in [-0.05, 0) is 35.9 Å². The minimum atomic E-state index is 0.422. The van der Waals surface area contributed by atoms with Crippen LogP contribution in [0, 0.1) is 0 Å². The van der Waals surface area contributed by atoms with Gasteiger partial charge in [0.1, 0.15) is 12.4 Å². The molecule has 0 aromatic heterocycles. The van der Waals surface area contributed by atoms with Crippen molar-refractivity contribution < 1.29 is 4.74 Å². The Kier molecular flexibility index (Phi) is 5.11. The van der Waals surface area contributed by atoms with Crippen LogP contribution in [-0.2, 0) is 13.2 Å². The van der Waals surface area contributed by atoms with Gasteiger partial charge < -0.3 is 10.5 Å². The van der Waals surface area contributed by atoms with Gasteiger partial charge in [0.25, 0.3) is 0 Å². The van der Waals surface area contributed by atoms with Gasteiger partial charge in [-0.25, -0.2) is 0 Å². The van der Waals surface area contributed by atoms with Gasteiger partial charge in [0.2, 0.25) is 0 Å². The monoisotopic (exact) mass is 359 g/mol. The highest BCUT2D eigenvalue weighted by Crippen LogP contribution is 2.26. The fourth-order valence-corrected chi connectivity index (χ4v) is 2.37. The Labute approximate surface area is 130 Å². The largest absolute Gasteiger partial charge is 0.489 e. The summed E-state index contributed by atoms with van der Waals surface area (Å²) in [5.41, 5.74) is 7.60. The molecule has 0 saturated carbocycles. The van der Waals surface area contributed by atoms with Gasteiger partial charge in [-0.2, -0.15) is 0 Å². The zero-order valence-corrected chi connectivity index (χ0v) is 13.1. The first-order valence-electron chi connectivity index (χ1n) is 5.65. The second-order valence-electron chi connectivity index (χ2n) is 3.99. The smallest absolute Gasteiger partial charge is 0.124 e. The molecule has 2 nitrogen and oxygen atoms in total. The van der Waals surface area contributed by atoms with Gasteiger partial charge in [-0.1, -0.05) is 45.2 Å². The lowest BCUT2D eigenvalue weighted by Crippen LogP contribution is -2.02. The minimum Gasteiger partial charge on any atom is -0.489 e. The van der Waals surface area contributed by atoms with E-state index in [1.807, 2.05) is 24.3 Å². The zero-order chi connectivity index (χ0) is 13.8. The average molecular weight is 361 g/mol. The van der Waals surface area contributed by atoms with Crippen molar-refractivity contribution in [2.45, 2.75) is 13.2 Å². The van der Waals surface area contributed by atoms with Crippen LogP contribution in [0.3, 0.4) is 0 Å². The number of ether oxygens (including phenoxy) is 1. The molecule has 2 rings (SSSR count). The van der Waals surface area contributed by atoms with Gasteiger partial charge in [0, 0.05) is 16.6 Å². The van der Waals surface area contributed by atoms with E-state index in [9.17, 15) is 0 Å². The zero-order valence-electron chi connectivity index (χ0n) is 10.00. The number of rotatable bonds is 4. The molecule has 0 aliphatic carbocycles. The van der Waals surface area contributed by atoms with E-state index in [2.05, 4.69) is 15.9 Å². The summed E-state index contributed by atoms with van der Waals surface area (Å²) in [6.07, 6.45) is 0. The molecule has 2 aromatic carbocycles. The third-order valence-electron chi connectivity index (χ3n) is 2.62. The summed E-state index contributed by atoms with van der Waals surface area (Å²) in [6.45, 7) is 0.849. The molecule has 100 valence electrons. The van der Waals surface area contributed by atoms with Crippen molar-refractivity contribution >= 4 is 39.1 Å². The Morgan fingerprint density at radius 1 is 1.05 bits per heavy atom. The third kappa shape index (κ3) is 3.86. The third-order valence-corrected chi connectivity index (χ3v) is 3.85. The molecule has 0 heterocycles. The summed E-state index contributed by atoms with van der Waals surface area (Å²) in [5.74, 6) is 0.775. The van der Waals surface area contributed by atoms with Crippen molar-refractivity contribution in [2.24, 2.45) is 5.73 Å². The highest BCUT2D eigenvalue weighted by Gasteiger charge is 2.05. The number of hydrogen-bond acceptors (Lipinski definition) is 2. The molecule has 0 bridgehead atoms. The lowest BCUT2D eigenvalue weighted by molar-refractivity contribution is 0.303. The summed E-state index contributed by atoms with van der Waals surface area (Å²) in [4.78, 5) is 0. The van der Waals surface area contributed by atoms with Crippen LogP contribution in [0.15, 0.2) is 40.9 Å². The summed E-state index contributed by atoms with van der Waals surface area (Å²) < 4.78 is 6.74. The maximum atomic E-state index is 5.96. The number of halogens is 3. The van der Waals surface area contributed by atoms with E-state index in [1.165, 1.54) is 0 Å². The van der Waals surface area contributed by atoms with E-state index in [0.717, 1.165) is 21.3 Å². The molecule has 5 heteroatoms. The Morgan fingerprint density at radius 3 is 2.53 bits per heavy atom. The molecule has 0 aliphatic heterocycles. The van der Waals surface area contributed by atoms with E-state index in [4.69, 9.17) is 33.7 Å². The molecule has 0 unspecified atom stereocenters. The van der Waals surface area contributed by atoms with Gasteiger partial charge >= 0.3 is 0 Å². The number of nitrogens with two attached hydrogens (primary N) is 1. The number of hydrogen-bond donors (Lipinski definition) is 1. The van der Waals surface area contributed by atoms with Gasteiger partial charge in [0.05, 0.1) is 10.0 Å². The lowest BCUT2D eigenvalue weighted by atomic mass is 10.2. The van der Waals surface area contributed by atoms with Crippen molar-refractivity contribution in [3.05, 3.63) is 62.0 Å². The highest BCUT2D eigenvalue weighted by molar-refractivity contribution is 9.10. The first kappa shape index (κ1) is 14.7. The van der Waals surface area contributed by atoms with Gasteiger partial charge in [-0.15, -0.1) is 0 Å². The van der Waals surface area contributed by atoms with Crippen molar-refractivity contribution in [2.75, 3.05) is 0 Å². The molecular formula is C14H12BrCl2NO. The fourth-order valence-electron chi connectivity index (χ4n) is 1.64. The quantitative estimate of drug-likeness (QED) is 0.850. The first-order valence-corrected chi connectivity index (χ1v) is 7.20. The Bertz CT molecular complexity index is 590. The van der Waals surface area contributed by atoms with E-state index in [0.29, 0.717) is 23.2 Å². The van der Waals surface area contributed by atoms with E-state index in [-0.39, 0.29) is 0 Å². The Balaban J connectivity index is 2.12. The summed E-state index contributed by atoms with van der Waals surface area (Å²) in [7, 11) is 0. The van der Waals surface area contributed by atoms with Crippen LogP contribution in [-0.4, -0.2) is 0 Å². The lowest BCUT2D eigenvalue weighted by Gasteiger charge is -2.11. The standard InChI is InChI=1S/C14H12BrCl2NO/c15-11-2-4-14(10(6-11)7-18)19-8-9-1-3-12(16)13(17)5-9/h1-6H,7-8,18H2. The molecule has 0 radical (unpaired) electrons. The van der Waals surface area contributed by atoms with Gasteiger partial charge in [0.15, 0.2) is 0 Å². The predicted molar refractivity (Wildman–Crippen MR) is 82.8 cm³/mol. The average Bonchev–Trinajstić information content (AvgIpc) is 2.41. The summed E-state index contributed by atoms with van der Waals surface area (Å²) in [5, 5.41) is 1.06. The fraction of sp³-hybridized carbons (Fsp3) is 0.143. The van der Waals surface area contributed by atoms with Crippen LogP contribution in [0.1, 0.15) is 11.1 Å². The predicted octanol–water partition coefficient (Wildman–Crippen LogP) is 4.79. The first-order chi connectivity index (χ1) is 9.10. The number of benzene rings is 2. The second-order valence-corrected chi connectivity index (χ2v) is 5.72. The highest BCUT2D eigenvalue weighted by atomic mass is 79.9. The van der Waals surface area contributed by atoms with Gasteiger partial charge in [-0.3, -0.25) is 0 Å². The topological polar surface area (TPSA) is 35.2 Å². The van der Waals surface area contributed by atoms with E-state index < -0.39 is 0 Å². The van der Waals surface area contributed by atoms with Crippen LogP contribution in [0.4, 0.5) is 0 Å². The summed E-state index contributed by atoms with van der Waals surface area (Å²) in [6, 6.07) is 11.2. The maximum absolute atomic E-state index is 5.96. The van der Waals surface area contributed by atoms with Crippen LogP contribution in [0.2, 0.25) is 10.0 Å². The van der Waals surface area contributed by atoms with E-state index in [1.54, 1.807) is 12.1 Å². The Morgan fingerprint density at radius 2 is 1.84 bits per heavy atom. The maximum Gasteiger partial charge on any atom is 0.124 e. The molecule has 0 fully saturated rings. The SMILES string of the molecule is NCc1cc(Br)ccc1OCc1ccc(Cl)c(Cl)c1. The van der Waals surface area contributed by atoms with Crippen molar-refractivity contribution in [3.8, 4) is 5.75 Å². The molecule has 0 amide bonds. The van der Waals surface area contributed by atoms with Crippen LogP contribution in [0.5, 0.6) is 5.75 Å². The Hall–Kier alpha value is -0.740. The normalized spacial score (nSPS) is 10.5.